The lowest BCUT2D eigenvalue weighted by atomic mass is 10.2. The molecule has 0 saturated carbocycles. The molecule has 1 aliphatic rings. The van der Waals surface area contributed by atoms with Crippen molar-refractivity contribution in [2.45, 2.75) is 11.3 Å². The van der Waals surface area contributed by atoms with E-state index in [2.05, 4.69) is 10.3 Å². The molecular formula is C14H13N3O2S2. The van der Waals surface area contributed by atoms with Gasteiger partial charge >= 0.3 is 0 Å². The molecule has 5 nitrogen and oxygen atoms in total. The Labute approximate surface area is 130 Å². The fourth-order valence-corrected chi connectivity index (χ4v) is 3.78. The number of aryl methyl sites for hydroxylation is 1. The molecule has 3 rings (SSSR count). The second kappa shape index (κ2) is 5.87. The molecule has 2 amide bonds. The number of anilines is 2. The maximum Gasteiger partial charge on any atom is 0.244 e. The van der Waals surface area contributed by atoms with Gasteiger partial charge in [-0.15, -0.1) is 11.3 Å². The van der Waals surface area contributed by atoms with E-state index in [1.54, 1.807) is 6.07 Å². The average Bonchev–Trinajstić information content (AvgIpc) is 2.89. The molecule has 1 N–H and O–H groups in total. The topological polar surface area (TPSA) is 62.3 Å². The fourth-order valence-electron chi connectivity index (χ4n) is 2.06. The highest BCUT2D eigenvalue weighted by Crippen LogP contribution is 2.30. The maximum atomic E-state index is 12.4. The quantitative estimate of drug-likeness (QED) is 0.883. The van der Waals surface area contributed by atoms with Gasteiger partial charge < -0.3 is 10.2 Å². The van der Waals surface area contributed by atoms with Crippen molar-refractivity contribution in [3.8, 4) is 0 Å². The number of thioether (sulfide) groups is 1. The number of para-hydroxylation sites is 2. The molecule has 1 aliphatic heterocycles. The number of benzene rings is 1. The first-order valence-electron chi connectivity index (χ1n) is 6.37. The maximum absolute atomic E-state index is 12.4. The molecule has 2 aromatic rings. The van der Waals surface area contributed by atoms with Gasteiger partial charge in [0, 0.05) is 11.1 Å². The van der Waals surface area contributed by atoms with Crippen LogP contribution in [0.15, 0.2) is 34.0 Å². The van der Waals surface area contributed by atoms with Gasteiger partial charge in [-0.2, -0.15) is 0 Å². The number of carbonyl (C=O) groups is 2. The van der Waals surface area contributed by atoms with Crippen molar-refractivity contribution in [1.29, 1.82) is 0 Å². The number of rotatable bonds is 3. The first-order chi connectivity index (χ1) is 10.1. The van der Waals surface area contributed by atoms with Crippen molar-refractivity contribution >= 4 is 46.3 Å². The lowest BCUT2D eigenvalue weighted by molar-refractivity contribution is -0.120. The van der Waals surface area contributed by atoms with Crippen LogP contribution in [0.2, 0.25) is 0 Å². The smallest absolute Gasteiger partial charge is 0.244 e. The molecule has 0 spiro atoms. The highest BCUT2D eigenvalue weighted by atomic mass is 32.2. The third kappa shape index (κ3) is 3.08. The van der Waals surface area contributed by atoms with E-state index in [1.807, 2.05) is 30.5 Å². The first-order valence-corrected chi connectivity index (χ1v) is 8.24. The van der Waals surface area contributed by atoms with Crippen molar-refractivity contribution in [1.82, 2.24) is 4.98 Å². The molecule has 0 fully saturated rings. The molecule has 1 aromatic carbocycles. The largest absolute Gasteiger partial charge is 0.323 e. The van der Waals surface area contributed by atoms with Gasteiger partial charge in [-0.05, 0) is 19.1 Å². The molecule has 0 atom stereocenters. The van der Waals surface area contributed by atoms with Crippen molar-refractivity contribution in [3.05, 3.63) is 35.3 Å². The number of hydrogen-bond donors (Lipinski definition) is 1. The van der Waals surface area contributed by atoms with Crippen LogP contribution in [0.1, 0.15) is 5.69 Å². The molecule has 108 valence electrons. The van der Waals surface area contributed by atoms with E-state index in [-0.39, 0.29) is 24.1 Å². The van der Waals surface area contributed by atoms with E-state index >= 15 is 0 Å². The van der Waals surface area contributed by atoms with Crippen LogP contribution in [0.4, 0.5) is 11.4 Å². The van der Waals surface area contributed by atoms with Gasteiger partial charge in [-0.3, -0.25) is 9.59 Å². The molecule has 7 heteroatoms. The number of nitrogens with one attached hydrogen (secondary N) is 1. The lowest BCUT2D eigenvalue weighted by Gasteiger charge is -2.28. The van der Waals surface area contributed by atoms with Crippen molar-refractivity contribution < 1.29 is 9.59 Å². The van der Waals surface area contributed by atoms with Gasteiger partial charge in [-0.25, -0.2) is 4.98 Å². The van der Waals surface area contributed by atoms with E-state index < -0.39 is 0 Å². The lowest BCUT2D eigenvalue weighted by Crippen LogP contribution is -2.43. The van der Waals surface area contributed by atoms with Crippen LogP contribution in [-0.4, -0.2) is 29.1 Å². The number of aromatic nitrogens is 1. The third-order valence-corrected chi connectivity index (χ3v) is 5.11. The average molecular weight is 319 g/mol. The Hall–Kier alpha value is -1.86. The Kier molecular flexibility index (Phi) is 3.94. The van der Waals surface area contributed by atoms with Gasteiger partial charge in [0.15, 0.2) is 4.34 Å². The fraction of sp³-hybridized carbons (Fsp3) is 0.214. The van der Waals surface area contributed by atoms with E-state index in [0.29, 0.717) is 5.69 Å². The normalized spacial score (nSPS) is 13.8. The zero-order chi connectivity index (χ0) is 14.8. The Morgan fingerprint density at radius 2 is 2.29 bits per heavy atom. The number of fused-ring (bicyclic) bond motifs is 1. The Morgan fingerprint density at radius 3 is 3.05 bits per heavy atom. The summed E-state index contributed by atoms with van der Waals surface area (Å²) >= 11 is 2.93. The zero-order valence-electron chi connectivity index (χ0n) is 11.3. The molecule has 0 bridgehead atoms. The van der Waals surface area contributed by atoms with Gasteiger partial charge in [0.1, 0.15) is 6.54 Å². The van der Waals surface area contributed by atoms with Crippen LogP contribution in [0.3, 0.4) is 0 Å². The number of carbonyl (C=O) groups excluding carboxylic acids is 2. The summed E-state index contributed by atoms with van der Waals surface area (Å²) in [5.74, 6) is 0.0153. The van der Waals surface area contributed by atoms with E-state index in [1.165, 1.54) is 28.0 Å². The summed E-state index contributed by atoms with van der Waals surface area (Å²) in [7, 11) is 0. The molecule has 0 radical (unpaired) electrons. The van der Waals surface area contributed by atoms with Crippen LogP contribution in [0, 0.1) is 6.92 Å². The Balaban J connectivity index is 1.74. The molecular weight excluding hydrogens is 306 g/mol. The van der Waals surface area contributed by atoms with Crippen LogP contribution < -0.4 is 10.2 Å². The minimum absolute atomic E-state index is 0.0628. The SMILES string of the molecule is Cc1csc(SCC(=O)N2CC(=O)Nc3ccccc32)n1. The van der Waals surface area contributed by atoms with Crippen LogP contribution >= 0.6 is 23.1 Å². The molecule has 1 aromatic heterocycles. The summed E-state index contributed by atoms with van der Waals surface area (Å²) in [5.41, 5.74) is 2.38. The van der Waals surface area contributed by atoms with E-state index in [4.69, 9.17) is 0 Å². The minimum atomic E-state index is -0.169. The molecule has 0 unspecified atom stereocenters. The summed E-state index contributed by atoms with van der Waals surface area (Å²) in [6.07, 6.45) is 0. The van der Waals surface area contributed by atoms with Crippen molar-refractivity contribution in [2.24, 2.45) is 0 Å². The molecule has 2 heterocycles. The van der Waals surface area contributed by atoms with E-state index in [9.17, 15) is 9.59 Å². The highest BCUT2D eigenvalue weighted by Gasteiger charge is 2.26. The Morgan fingerprint density at radius 1 is 1.48 bits per heavy atom. The predicted molar refractivity (Wildman–Crippen MR) is 85.0 cm³/mol. The summed E-state index contributed by atoms with van der Waals surface area (Å²) < 4.78 is 0.871. The standard InChI is InChI=1S/C14H13N3O2S2/c1-9-7-20-14(15-9)21-8-13(19)17-6-12(18)16-10-4-2-3-5-11(10)17/h2-5,7H,6,8H2,1H3,(H,16,18). The van der Waals surface area contributed by atoms with Gasteiger partial charge in [0.25, 0.3) is 0 Å². The number of amides is 2. The molecule has 21 heavy (non-hydrogen) atoms. The second-order valence-corrected chi connectivity index (χ2v) is 6.67. The van der Waals surface area contributed by atoms with Crippen LogP contribution in [-0.2, 0) is 9.59 Å². The molecule has 0 saturated heterocycles. The van der Waals surface area contributed by atoms with Gasteiger partial charge in [0.2, 0.25) is 11.8 Å². The highest BCUT2D eigenvalue weighted by molar-refractivity contribution is 8.01. The monoisotopic (exact) mass is 319 g/mol. The predicted octanol–water partition coefficient (Wildman–Crippen LogP) is 2.53. The second-order valence-electron chi connectivity index (χ2n) is 4.59. The minimum Gasteiger partial charge on any atom is -0.323 e. The summed E-state index contributed by atoms with van der Waals surface area (Å²) in [4.78, 5) is 29.9. The van der Waals surface area contributed by atoms with Crippen LogP contribution in [0.25, 0.3) is 0 Å². The van der Waals surface area contributed by atoms with Crippen LogP contribution in [0.5, 0.6) is 0 Å². The molecule has 0 aliphatic carbocycles. The van der Waals surface area contributed by atoms with Crippen molar-refractivity contribution in [3.63, 3.8) is 0 Å². The van der Waals surface area contributed by atoms with Crippen molar-refractivity contribution in [2.75, 3.05) is 22.5 Å². The number of nitrogens with zero attached hydrogens (tertiary/aromatic N) is 2. The van der Waals surface area contributed by atoms with E-state index in [0.717, 1.165) is 15.7 Å². The summed E-state index contributed by atoms with van der Waals surface area (Å²) in [5, 5.41) is 4.73. The number of hydrogen-bond acceptors (Lipinski definition) is 5. The third-order valence-electron chi connectivity index (χ3n) is 2.99. The van der Waals surface area contributed by atoms with Gasteiger partial charge in [0.05, 0.1) is 17.1 Å². The summed E-state index contributed by atoms with van der Waals surface area (Å²) in [6, 6.07) is 7.32. The van der Waals surface area contributed by atoms with Gasteiger partial charge in [-0.1, -0.05) is 23.9 Å². The first kappa shape index (κ1) is 14.1. The summed E-state index contributed by atoms with van der Waals surface area (Å²) in [6.45, 7) is 1.99. The number of thiazole rings is 1. The Bertz CT molecular complexity index is 699. The zero-order valence-corrected chi connectivity index (χ0v) is 13.0.